The van der Waals surface area contributed by atoms with Gasteiger partial charge in [0.15, 0.2) is 5.54 Å². The molecule has 0 saturated heterocycles. The number of anilines is 1. The number of rotatable bonds is 20. The van der Waals surface area contributed by atoms with Gasteiger partial charge in [0.1, 0.15) is 29.6 Å². The van der Waals surface area contributed by atoms with E-state index in [-0.39, 0.29) is 17.4 Å². The molecule has 2 aromatic rings. The van der Waals surface area contributed by atoms with Gasteiger partial charge in [-0.3, -0.25) is 4.90 Å². The van der Waals surface area contributed by atoms with Crippen LogP contribution in [0.5, 0.6) is 5.75 Å². The number of aromatic hydroxyl groups is 1. The van der Waals surface area contributed by atoms with Crippen LogP contribution in [0.1, 0.15) is 24.5 Å². The number of nitroso groups, excluding NO2 is 1. The van der Waals surface area contributed by atoms with E-state index >= 15 is 0 Å². The second-order valence-electron chi connectivity index (χ2n) is 11.6. The molecule has 10 nitrogen and oxygen atoms in total. The van der Waals surface area contributed by atoms with E-state index in [4.69, 9.17) is 15.2 Å². The Morgan fingerprint density at radius 2 is 1.96 bits per heavy atom. The van der Waals surface area contributed by atoms with Gasteiger partial charge in [-0.15, -0.1) is 4.91 Å². The van der Waals surface area contributed by atoms with Crippen LogP contribution in [0.2, 0.25) is 0 Å². The number of hydrogen-bond donors (Lipinski definition) is 4. The Morgan fingerprint density at radius 1 is 1.19 bits per heavy atom. The number of phenolic OH excluding ortho intramolecular Hbond substituents is 1. The molecule has 0 radical (unpaired) electrons. The molecule has 254 valence electrons. The number of hydrogen-bond acceptors (Lipinski definition) is 8. The number of carbonyl (C=O) groups is 1. The number of ether oxygens (including phenoxy) is 2. The molecule has 5 N–H and O–H groups in total. The third-order valence-electron chi connectivity index (χ3n) is 7.82. The Kier molecular flexibility index (Phi) is 14.6. The van der Waals surface area contributed by atoms with Crippen molar-refractivity contribution in [1.82, 2.24) is 10.2 Å². The summed E-state index contributed by atoms with van der Waals surface area (Å²) in [5.41, 5.74) is 7.10. The normalized spacial score (nSPS) is 15.8. The molecule has 1 aliphatic carbocycles. The average Bonchev–Trinajstić information content (AvgIpc) is 3.06. The monoisotopic (exact) mass is 653 g/mol. The largest absolute Gasteiger partial charge is 0.508 e. The first-order valence-electron chi connectivity index (χ1n) is 15.8. The molecule has 2 unspecified atom stereocenters. The molecule has 0 aromatic heterocycles. The molecule has 2 atom stereocenters. The first-order valence-corrected chi connectivity index (χ1v) is 15.8. The van der Waals surface area contributed by atoms with Crippen molar-refractivity contribution in [3.8, 4) is 5.75 Å². The van der Waals surface area contributed by atoms with Gasteiger partial charge in [-0.05, 0) is 67.9 Å². The quantitative estimate of drug-likeness (QED) is 0.0533. The van der Waals surface area contributed by atoms with Gasteiger partial charge in [-0.2, -0.15) is 0 Å². The van der Waals surface area contributed by atoms with Gasteiger partial charge < -0.3 is 30.9 Å². The Bertz CT molecular complexity index is 1560. The highest BCUT2D eigenvalue weighted by atomic mass is 16.5. The molecule has 1 aliphatic rings. The fourth-order valence-corrected chi connectivity index (χ4v) is 5.32. The van der Waals surface area contributed by atoms with Crippen LogP contribution in [0.3, 0.4) is 0 Å². The Balaban J connectivity index is 1.46. The second-order valence-corrected chi connectivity index (χ2v) is 11.6. The minimum atomic E-state index is -1.29. The maximum Gasteiger partial charge on any atom is 0.316 e. The van der Waals surface area contributed by atoms with Crippen LogP contribution in [0.25, 0.3) is 0 Å². The summed E-state index contributed by atoms with van der Waals surface area (Å²) in [6.45, 7) is 16.8. The fourth-order valence-electron chi connectivity index (χ4n) is 5.32. The first-order chi connectivity index (χ1) is 23.1. The highest BCUT2D eigenvalue weighted by Crippen LogP contribution is 2.44. The third-order valence-corrected chi connectivity index (χ3v) is 7.82. The molecular weight excluding hydrogens is 606 g/mol. The number of likely N-dealkylation sites (N-methyl/N-ethyl adjacent to an activating group) is 1. The number of allylic oxidation sites excluding steroid dienone is 6. The van der Waals surface area contributed by atoms with Crippen molar-refractivity contribution < 1.29 is 19.4 Å². The van der Waals surface area contributed by atoms with Crippen molar-refractivity contribution in [3.63, 3.8) is 0 Å². The molecule has 0 heterocycles. The summed E-state index contributed by atoms with van der Waals surface area (Å²) >= 11 is 0. The van der Waals surface area contributed by atoms with Gasteiger partial charge in [-0.1, -0.05) is 92.1 Å². The predicted molar refractivity (Wildman–Crippen MR) is 193 cm³/mol. The molecule has 0 spiro atoms. The van der Waals surface area contributed by atoms with Gasteiger partial charge in [0, 0.05) is 30.8 Å². The lowest BCUT2D eigenvalue weighted by Gasteiger charge is -2.35. The summed E-state index contributed by atoms with van der Waals surface area (Å²) < 4.78 is 12.0. The molecule has 0 fully saturated rings. The number of primary amides is 1. The minimum Gasteiger partial charge on any atom is -0.508 e. The third kappa shape index (κ3) is 11.0. The number of nitrogens with one attached hydrogen (secondary N) is 2. The van der Waals surface area contributed by atoms with Crippen molar-refractivity contribution in [2.45, 2.75) is 25.3 Å². The minimum absolute atomic E-state index is 0.0542. The lowest BCUT2D eigenvalue weighted by Crippen LogP contribution is -2.36. The first kappa shape index (κ1) is 37.3. The van der Waals surface area contributed by atoms with Crippen molar-refractivity contribution >= 4 is 11.7 Å². The van der Waals surface area contributed by atoms with Crippen LogP contribution in [0.15, 0.2) is 139 Å². The van der Waals surface area contributed by atoms with Gasteiger partial charge in [0.25, 0.3) is 0 Å². The average molecular weight is 654 g/mol. The molecular formula is C38H47N5O5. The van der Waals surface area contributed by atoms with Crippen LogP contribution in [-0.4, -0.2) is 55.9 Å². The summed E-state index contributed by atoms with van der Waals surface area (Å²) in [4.78, 5) is 25.8. The molecule has 3 rings (SSSR count). The summed E-state index contributed by atoms with van der Waals surface area (Å²) in [6, 6.07) is 13.5. The molecule has 2 amide bonds. The zero-order chi connectivity index (χ0) is 34.9. The van der Waals surface area contributed by atoms with E-state index in [0.717, 1.165) is 16.7 Å². The van der Waals surface area contributed by atoms with E-state index in [1.807, 2.05) is 85.7 Å². The SMILES string of the molecule is C=C/C(=C\C=C(/C)CNCCc1ccc(O)cc1NC(N)=O)OCCN(C)CC(=C)OC(=C)C(N=O)(c1ccccc1)C1C=CC=CC1. The fraction of sp³-hybridized carbons (Fsp3) is 0.289. The molecule has 0 bridgehead atoms. The van der Waals surface area contributed by atoms with E-state index in [2.05, 4.69) is 35.5 Å². The van der Waals surface area contributed by atoms with Crippen molar-refractivity contribution in [1.29, 1.82) is 0 Å². The van der Waals surface area contributed by atoms with E-state index in [1.54, 1.807) is 18.2 Å². The summed E-state index contributed by atoms with van der Waals surface area (Å²) in [7, 11) is 1.93. The summed E-state index contributed by atoms with van der Waals surface area (Å²) in [5.74, 6) is 1.13. The molecule has 48 heavy (non-hydrogen) atoms. The number of nitrogens with zero attached hydrogens (tertiary/aromatic N) is 2. The van der Waals surface area contributed by atoms with Crippen LogP contribution >= 0.6 is 0 Å². The van der Waals surface area contributed by atoms with E-state index < -0.39 is 11.6 Å². The van der Waals surface area contributed by atoms with Crippen LogP contribution in [0.4, 0.5) is 10.5 Å². The zero-order valence-corrected chi connectivity index (χ0v) is 27.9. The topological polar surface area (TPSA) is 139 Å². The highest BCUT2D eigenvalue weighted by molar-refractivity contribution is 5.89. The smallest absolute Gasteiger partial charge is 0.316 e. The van der Waals surface area contributed by atoms with Gasteiger partial charge >= 0.3 is 6.03 Å². The van der Waals surface area contributed by atoms with Crippen LogP contribution in [-0.2, 0) is 21.4 Å². The van der Waals surface area contributed by atoms with Crippen LogP contribution in [0, 0.1) is 10.8 Å². The number of carbonyl (C=O) groups excluding carboxylic acids is 1. The van der Waals surface area contributed by atoms with Crippen molar-refractivity contribution in [2.24, 2.45) is 16.8 Å². The van der Waals surface area contributed by atoms with Gasteiger partial charge in [-0.25, -0.2) is 4.79 Å². The molecule has 0 aliphatic heterocycles. The number of nitrogens with two attached hydrogens (primary N) is 1. The Morgan fingerprint density at radius 3 is 2.62 bits per heavy atom. The number of benzene rings is 2. The maximum atomic E-state index is 12.5. The predicted octanol–water partition coefficient (Wildman–Crippen LogP) is 6.82. The lowest BCUT2D eigenvalue weighted by atomic mass is 9.74. The van der Waals surface area contributed by atoms with Gasteiger partial charge in [0.05, 0.1) is 6.54 Å². The molecule has 0 saturated carbocycles. The molecule has 10 heteroatoms. The number of phenols is 1. The van der Waals surface area contributed by atoms with Crippen LogP contribution < -0.4 is 16.4 Å². The van der Waals surface area contributed by atoms with E-state index in [9.17, 15) is 14.8 Å². The Hall–Kier alpha value is -5.19. The standard InChI is InChI=1S/C38H47N5O5/c1-6-35(20-17-28(2)26-40-22-21-31-18-19-34(44)25-36(31)41-37(39)45)47-24-23-43(5)27-29(3)48-30(4)38(42-46,32-13-9-7-10-14-32)33-15-11-8-12-16-33/h6-15,17-20,25,33,40,44H,1,3-4,16,21-24,26-27H2,2,5H3,(H3,39,41,45)/b28-17+,35-20+. The number of amides is 2. The summed E-state index contributed by atoms with van der Waals surface area (Å²) in [6.07, 6.45) is 14.6. The summed E-state index contributed by atoms with van der Waals surface area (Å²) in [5, 5.41) is 19.2. The lowest BCUT2D eigenvalue weighted by molar-refractivity contribution is 0.157. The zero-order valence-electron chi connectivity index (χ0n) is 27.9. The van der Waals surface area contributed by atoms with Gasteiger partial charge in [0.2, 0.25) is 0 Å². The number of urea groups is 1. The highest BCUT2D eigenvalue weighted by Gasteiger charge is 2.45. The second kappa shape index (κ2) is 18.8. The Labute approximate surface area is 283 Å². The van der Waals surface area contributed by atoms with Crippen molar-refractivity contribution in [3.05, 3.63) is 150 Å². The maximum absolute atomic E-state index is 12.5. The van der Waals surface area contributed by atoms with E-state index in [0.29, 0.717) is 62.8 Å². The van der Waals surface area contributed by atoms with E-state index in [1.165, 1.54) is 6.07 Å². The molecule has 2 aromatic carbocycles. The van der Waals surface area contributed by atoms with Crippen molar-refractivity contribution in [2.75, 3.05) is 45.2 Å².